The van der Waals surface area contributed by atoms with Gasteiger partial charge in [0, 0.05) is 32.7 Å². The van der Waals surface area contributed by atoms with E-state index in [9.17, 15) is 0 Å². The van der Waals surface area contributed by atoms with Gasteiger partial charge in [-0.05, 0) is 0 Å². The summed E-state index contributed by atoms with van der Waals surface area (Å²) in [6, 6.07) is 0. The average Bonchev–Trinajstić information content (AvgIpc) is 1.38. The fourth-order valence-corrected chi connectivity index (χ4v) is 0. The van der Waals surface area contributed by atoms with Crippen molar-refractivity contribution in [2.24, 2.45) is 5.90 Å². The Morgan fingerprint density at radius 1 is 1.50 bits per heavy atom. The third kappa shape index (κ3) is 8.88. The molecule has 4 nitrogen and oxygen atoms in total. The molecule has 0 unspecified atom stereocenters. The quantitative estimate of drug-likeness (QED) is 0.382. The summed E-state index contributed by atoms with van der Waals surface area (Å²) >= 11 is 0. The molecule has 0 aromatic carbocycles. The van der Waals surface area contributed by atoms with Gasteiger partial charge in [0.2, 0.25) is 0 Å². The van der Waals surface area contributed by atoms with Gasteiger partial charge in [-0.1, -0.05) is 0 Å². The molecule has 0 saturated carbocycles. The molecule has 0 fully saturated rings. The van der Waals surface area contributed by atoms with Crippen molar-refractivity contribution in [2.75, 3.05) is 0 Å². The normalized spacial score (nSPS) is 7.67. The molecule has 0 aromatic rings. The van der Waals surface area contributed by atoms with Crippen molar-refractivity contribution in [1.82, 2.24) is 0 Å². The number of hydrogen-bond acceptors (Lipinski definition) is 4. The van der Waals surface area contributed by atoms with E-state index < -0.39 is 11.0 Å². The van der Waals surface area contributed by atoms with E-state index in [0.29, 0.717) is 0 Å². The molecule has 35 valence electrons. The number of hydrogen-bond donors (Lipinski definition) is 2. The molecular formula is H3NO3SY. The van der Waals surface area contributed by atoms with Gasteiger partial charge in [-0.3, -0.25) is 0 Å². The summed E-state index contributed by atoms with van der Waals surface area (Å²) in [7, 11) is -2.82. The fraction of sp³-hybridized carbons (Fsp3) is 0. The molecule has 2 N–H and O–H groups in total. The predicted octanol–water partition coefficient (Wildman–Crippen LogP) is -1.60. The van der Waals surface area contributed by atoms with Crippen LogP contribution in [0.25, 0.3) is 0 Å². The van der Waals surface area contributed by atoms with Crippen molar-refractivity contribution in [1.29, 1.82) is 0 Å². The van der Waals surface area contributed by atoms with Crippen LogP contribution in [-0.4, -0.2) is 8.42 Å². The Bertz CT molecular complexity index is 68.9. The Labute approximate surface area is 62.0 Å². The van der Waals surface area contributed by atoms with Gasteiger partial charge in [0.15, 0.2) is 0 Å². The molecule has 0 aliphatic carbocycles. The number of nitrogens with two attached hydrogens (primary N) is 1. The minimum atomic E-state index is -2.82. The monoisotopic (exact) mass is 186 g/mol. The predicted molar refractivity (Wildman–Crippen MR) is 15.6 cm³/mol. The van der Waals surface area contributed by atoms with Crippen molar-refractivity contribution < 1.29 is 45.4 Å². The van der Waals surface area contributed by atoms with Crippen LogP contribution in [0.2, 0.25) is 0 Å². The summed E-state index contributed by atoms with van der Waals surface area (Å²) in [4.78, 5) is 0. The summed E-state index contributed by atoms with van der Waals surface area (Å²) in [5.74, 6) is 4.08. The van der Waals surface area contributed by atoms with Crippen LogP contribution >= 0.6 is 0 Å². The summed E-state index contributed by atoms with van der Waals surface area (Å²) in [5, 5.41) is 0. The maximum atomic E-state index is 9.06. The zero-order valence-corrected chi connectivity index (χ0v) is 6.56. The van der Waals surface area contributed by atoms with Gasteiger partial charge in [-0.2, -0.15) is 10.2 Å². The third-order valence-corrected chi connectivity index (χ3v) is 0.258. The average molecular weight is 186 g/mol. The van der Waals surface area contributed by atoms with Crippen molar-refractivity contribution >= 4 is 11.0 Å². The van der Waals surface area contributed by atoms with E-state index in [2.05, 4.69) is 10.2 Å². The van der Waals surface area contributed by atoms with Crippen LogP contribution in [0.5, 0.6) is 0 Å². The van der Waals surface area contributed by atoms with Crippen molar-refractivity contribution in [3.05, 3.63) is 0 Å². The molecule has 0 saturated heterocycles. The van der Waals surface area contributed by atoms with Crippen molar-refractivity contribution in [2.45, 2.75) is 0 Å². The van der Waals surface area contributed by atoms with Crippen LogP contribution in [0.4, 0.5) is 0 Å². The van der Waals surface area contributed by atoms with Crippen LogP contribution in [0.1, 0.15) is 0 Å². The summed E-state index contributed by atoms with van der Waals surface area (Å²) in [5.41, 5.74) is 0. The summed E-state index contributed by atoms with van der Waals surface area (Å²) < 4.78 is 21.3. The first kappa shape index (κ1) is 10.1. The van der Waals surface area contributed by atoms with Gasteiger partial charge in [-0.15, -0.1) is 0 Å². The fourth-order valence-electron chi connectivity index (χ4n) is 0. The van der Waals surface area contributed by atoms with E-state index >= 15 is 0 Å². The first-order chi connectivity index (χ1) is 2.27. The standard InChI is InChI=1S/H3NO3S.Y/c1-4-5(2)3;/h5H,1H2;. The van der Waals surface area contributed by atoms with E-state index in [0.717, 1.165) is 0 Å². The number of rotatable bonds is 1. The zero-order valence-electron chi connectivity index (χ0n) is 2.83. The molecule has 0 atom stereocenters. The molecule has 1 radical (unpaired) electrons. The third-order valence-electron chi connectivity index (χ3n) is 0.0861. The van der Waals surface area contributed by atoms with E-state index in [4.69, 9.17) is 8.42 Å². The van der Waals surface area contributed by atoms with E-state index in [1.807, 2.05) is 0 Å². The second-order valence-electron chi connectivity index (χ2n) is 0.329. The SMILES string of the molecule is NO[SH](=O)=O.[Y]. The summed E-state index contributed by atoms with van der Waals surface area (Å²) in [6.45, 7) is 0. The number of thiol groups is 1. The topological polar surface area (TPSA) is 69.4 Å². The molecule has 0 amide bonds. The van der Waals surface area contributed by atoms with Crippen molar-refractivity contribution in [3.8, 4) is 0 Å². The van der Waals surface area contributed by atoms with Crippen LogP contribution in [0.3, 0.4) is 0 Å². The van der Waals surface area contributed by atoms with Gasteiger partial charge < -0.3 is 0 Å². The van der Waals surface area contributed by atoms with Crippen LogP contribution in [-0.2, 0) is 48.0 Å². The van der Waals surface area contributed by atoms with E-state index in [-0.39, 0.29) is 32.7 Å². The molecule has 0 spiro atoms. The van der Waals surface area contributed by atoms with Gasteiger partial charge >= 0.3 is 0 Å². The molecule has 0 aliphatic heterocycles. The first-order valence-corrected chi connectivity index (χ1v) is 1.88. The Hall–Kier alpha value is 0.974. The maximum absolute atomic E-state index is 9.06. The van der Waals surface area contributed by atoms with Gasteiger partial charge in [-0.25, -0.2) is 8.42 Å². The maximum Gasteiger partial charge on any atom is 0.272 e. The largest absolute Gasteiger partial charge is 0.272 e. The second kappa shape index (κ2) is 5.97. The Morgan fingerprint density at radius 2 is 1.67 bits per heavy atom. The van der Waals surface area contributed by atoms with Crippen LogP contribution in [0, 0.1) is 0 Å². The molecule has 0 aromatic heterocycles. The minimum Gasteiger partial charge on any atom is -0.201 e. The molecular weight excluding hydrogens is 183 g/mol. The second-order valence-corrected chi connectivity index (χ2v) is 0.987. The van der Waals surface area contributed by atoms with Gasteiger partial charge in [0.1, 0.15) is 0 Å². The van der Waals surface area contributed by atoms with Crippen LogP contribution in [0.15, 0.2) is 0 Å². The van der Waals surface area contributed by atoms with Crippen LogP contribution < -0.4 is 5.90 Å². The first-order valence-electron chi connectivity index (χ1n) is 0.783. The Balaban J connectivity index is 0. The molecule has 6 heteroatoms. The Kier molecular flexibility index (Phi) is 10.0. The smallest absolute Gasteiger partial charge is 0.201 e. The minimum absolute atomic E-state index is 0. The van der Waals surface area contributed by atoms with Gasteiger partial charge in [0.05, 0.1) is 0 Å². The Morgan fingerprint density at radius 3 is 1.67 bits per heavy atom. The molecule has 0 heterocycles. The molecule has 0 bridgehead atoms. The summed E-state index contributed by atoms with van der Waals surface area (Å²) in [6.07, 6.45) is 0. The van der Waals surface area contributed by atoms with Crippen molar-refractivity contribution in [3.63, 3.8) is 0 Å². The molecule has 0 rings (SSSR count). The molecule has 6 heavy (non-hydrogen) atoms. The van der Waals surface area contributed by atoms with E-state index in [1.165, 1.54) is 0 Å². The molecule has 0 aliphatic rings. The van der Waals surface area contributed by atoms with E-state index in [1.54, 1.807) is 0 Å². The van der Waals surface area contributed by atoms with Gasteiger partial charge in [0.25, 0.3) is 11.0 Å². The zero-order chi connectivity index (χ0) is 4.28.